The molecule has 24 heavy (non-hydrogen) atoms. The van der Waals surface area contributed by atoms with Crippen LogP contribution in [0, 0.1) is 5.92 Å². The number of benzene rings is 2. The van der Waals surface area contributed by atoms with E-state index in [2.05, 4.69) is 12.1 Å². The molecule has 1 saturated carbocycles. The lowest BCUT2D eigenvalue weighted by Crippen LogP contribution is -2.01. The molecular weight excluding hydrogens is 304 g/mol. The first-order valence-corrected chi connectivity index (χ1v) is 8.46. The molecule has 0 aliphatic heterocycles. The van der Waals surface area contributed by atoms with Crippen LogP contribution in [0.1, 0.15) is 29.5 Å². The maximum Gasteiger partial charge on any atom is 0.186 e. The van der Waals surface area contributed by atoms with Crippen LogP contribution in [0.4, 0.5) is 0 Å². The molecule has 1 fully saturated rings. The minimum absolute atomic E-state index is 0.0993. The molecule has 1 aliphatic rings. The van der Waals surface area contributed by atoms with Gasteiger partial charge in [0.05, 0.1) is 13.2 Å². The van der Waals surface area contributed by atoms with Crippen LogP contribution >= 0.6 is 0 Å². The van der Waals surface area contributed by atoms with Crippen molar-refractivity contribution in [2.75, 3.05) is 13.4 Å². The number of ether oxygens (including phenoxy) is 2. The lowest BCUT2D eigenvalue weighted by atomic mass is 10.0. The summed E-state index contributed by atoms with van der Waals surface area (Å²) in [5.74, 6) is 2.25. The summed E-state index contributed by atoms with van der Waals surface area (Å²) < 4.78 is 10.9. The Kier molecular flexibility index (Phi) is 5.72. The normalized spacial score (nSPS) is 13.8. The van der Waals surface area contributed by atoms with E-state index in [1.807, 2.05) is 30.3 Å². The SMILES string of the molecule is OCOc1cc(CCc2ccc(OCC3CC3)cc2)ccc1CO. The van der Waals surface area contributed by atoms with Gasteiger partial charge in [-0.1, -0.05) is 24.3 Å². The van der Waals surface area contributed by atoms with Crippen molar-refractivity contribution in [2.24, 2.45) is 5.92 Å². The fourth-order valence-corrected chi connectivity index (χ4v) is 2.63. The van der Waals surface area contributed by atoms with Gasteiger partial charge in [-0.2, -0.15) is 0 Å². The zero-order valence-electron chi connectivity index (χ0n) is 13.8. The van der Waals surface area contributed by atoms with Gasteiger partial charge in [0.15, 0.2) is 6.79 Å². The van der Waals surface area contributed by atoms with Crippen molar-refractivity contribution in [1.82, 2.24) is 0 Å². The zero-order chi connectivity index (χ0) is 16.8. The summed E-state index contributed by atoms with van der Waals surface area (Å²) in [6.45, 7) is 0.348. The summed E-state index contributed by atoms with van der Waals surface area (Å²) >= 11 is 0. The average molecular weight is 328 g/mol. The minimum Gasteiger partial charge on any atom is -0.493 e. The number of hydrogen-bond donors (Lipinski definition) is 2. The summed E-state index contributed by atoms with van der Waals surface area (Å²) in [4.78, 5) is 0. The standard InChI is InChI=1S/C20H24O4/c21-12-18-8-5-16(11-20(18)24-14-22)2-1-15-6-9-19(10-7-15)23-13-17-3-4-17/h5-11,17,21-22H,1-4,12-14H2. The van der Waals surface area contributed by atoms with Crippen molar-refractivity contribution >= 4 is 0 Å². The van der Waals surface area contributed by atoms with E-state index in [1.165, 1.54) is 18.4 Å². The first kappa shape index (κ1) is 16.8. The highest BCUT2D eigenvalue weighted by Crippen LogP contribution is 2.29. The van der Waals surface area contributed by atoms with Crippen molar-refractivity contribution in [3.05, 3.63) is 59.2 Å². The van der Waals surface area contributed by atoms with E-state index in [0.29, 0.717) is 11.3 Å². The third kappa shape index (κ3) is 4.73. The minimum atomic E-state index is -0.390. The largest absolute Gasteiger partial charge is 0.493 e. The van der Waals surface area contributed by atoms with Crippen LogP contribution in [0.25, 0.3) is 0 Å². The zero-order valence-corrected chi connectivity index (χ0v) is 13.8. The van der Waals surface area contributed by atoms with Crippen molar-refractivity contribution in [3.63, 3.8) is 0 Å². The number of aliphatic hydroxyl groups excluding tert-OH is 2. The lowest BCUT2D eigenvalue weighted by Gasteiger charge is -2.10. The van der Waals surface area contributed by atoms with Crippen LogP contribution in [0.15, 0.2) is 42.5 Å². The van der Waals surface area contributed by atoms with Gasteiger partial charge in [0.2, 0.25) is 0 Å². The second kappa shape index (κ2) is 8.18. The molecule has 0 saturated heterocycles. The molecule has 2 N–H and O–H groups in total. The van der Waals surface area contributed by atoms with Crippen LogP contribution in [0.5, 0.6) is 11.5 Å². The molecule has 0 bridgehead atoms. The molecule has 128 valence electrons. The number of hydrogen-bond acceptors (Lipinski definition) is 4. The van der Waals surface area contributed by atoms with E-state index in [0.717, 1.165) is 36.7 Å². The Bertz CT molecular complexity index is 647. The second-order valence-electron chi connectivity index (χ2n) is 6.27. The molecule has 2 aromatic rings. The van der Waals surface area contributed by atoms with Crippen molar-refractivity contribution < 1.29 is 19.7 Å². The molecule has 0 spiro atoms. The third-order valence-corrected chi connectivity index (χ3v) is 4.33. The Balaban J connectivity index is 1.55. The van der Waals surface area contributed by atoms with Gasteiger partial charge >= 0.3 is 0 Å². The molecule has 0 unspecified atom stereocenters. The molecule has 3 rings (SSSR count). The Labute approximate surface area is 142 Å². The maximum atomic E-state index is 9.28. The molecule has 2 aromatic carbocycles. The second-order valence-corrected chi connectivity index (χ2v) is 6.27. The highest BCUT2D eigenvalue weighted by Gasteiger charge is 2.21. The van der Waals surface area contributed by atoms with Crippen molar-refractivity contribution in [1.29, 1.82) is 0 Å². The monoisotopic (exact) mass is 328 g/mol. The van der Waals surface area contributed by atoms with E-state index < -0.39 is 6.79 Å². The molecule has 0 radical (unpaired) electrons. The van der Waals surface area contributed by atoms with Crippen molar-refractivity contribution in [2.45, 2.75) is 32.3 Å². The van der Waals surface area contributed by atoms with Gasteiger partial charge in [0.25, 0.3) is 0 Å². The maximum absolute atomic E-state index is 9.28. The topological polar surface area (TPSA) is 58.9 Å². The van der Waals surface area contributed by atoms with Gasteiger partial charge in [-0.15, -0.1) is 0 Å². The van der Waals surface area contributed by atoms with Gasteiger partial charge in [0, 0.05) is 5.56 Å². The predicted octanol–water partition coefficient (Wildman–Crippen LogP) is 3.08. The van der Waals surface area contributed by atoms with Crippen molar-refractivity contribution in [3.8, 4) is 11.5 Å². The van der Waals surface area contributed by atoms with E-state index >= 15 is 0 Å². The van der Waals surface area contributed by atoms with Crippen LogP contribution in [-0.2, 0) is 19.4 Å². The quantitative estimate of drug-likeness (QED) is 0.695. The molecule has 0 heterocycles. The van der Waals surface area contributed by atoms with E-state index in [4.69, 9.17) is 14.6 Å². The fourth-order valence-electron chi connectivity index (χ4n) is 2.63. The highest BCUT2D eigenvalue weighted by atomic mass is 16.6. The summed E-state index contributed by atoms with van der Waals surface area (Å²) in [6.07, 6.45) is 4.39. The first-order valence-electron chi connectivity index (χ1n) is 8.46. The van der Waals surface area contributed by atoms with Crippen LogP contribution in [0.3, 0.4) is 0 Å². The van der Waals surface area contributed by atoms with Gasteiger partial charge in [-0.25, -0.2) is 0 Å². The molecular formula is C20H24O4. The molecule has 0 atom stereocenters. The fraction of sp³-hybridized carbons (Fsp3) is 0.400. The summed E-state index contributed by atoms with van der Waals surface area (Å²) in [7, 11) is 0. The molecule has 0 aromatic heterocycles. The molecule has 4 nitrogen and oxygen atoms in total. The Morgan fingerprint density at radius 2 is 1.58 bits per heavy atom. The summed E-state index contributed by atoms with van der Waals surface area (Å²) in [5, 5.41) is 18.2. The highest BCUT2D eigenvalue weighted by molar-refractivity contribution is 5.38. The number of aryl methyl sites for hydroxylation is 2. The molecule has 0 amide bonds. The Morgan fingerprint density at radius 1 is 0.875 bits per heavy atom. The third-order valence-electron chi connectivity index (χ3n) is 4.33. The van der Waals surface area contributed by atoms with Crippen LogP contribution in [-0.4, -0.2) is 23.6 Å². The summed E-state index contributed by atoms with van der Waals surface area (Å²) in [5.41, 5.74) is 3.05. The number of aliphatic hydroxyl groups is 2. The Morgan fingerprint density at radius 3 is 2.25 bits per heavy atom. The average Bonchev–Trinajstić information content (AvgIpc) is 3.44. The number of rotatable bonds is 9. The summed E-state index contributed by atoms with van der Waals surface area (Å²) in [6, 6.07) is 14.0. The lowest BCUT2D eigenvalue weighted by molar-refractivity contribution is 0.0958. The van der Waals surface area contributed by atoms with E-state index in [1.54, 1.807) is 0 Å². The van der Waals surface area contributed by atoms with E-state index in [-0.39, 0.29) is 6.61 Å². The van der Waals surface area contributed by atoms with Crippen LogP contribution in [0.2, 0.25) is 0 Å². The van der Waals surface area contributed by atoms with E-state index in [9.17, 15) is 5.11 Å². The van der Waals surface area contributed by atoms with Gasteiger partial charge < -0.3 is 19.7 Å². The van der Waals surface area contributed by atoms with Gasteiger partial charge in [-0.05, 0) is 60.9 Å². The van der Waals surface area contributed by atoms with Crippen LogP contribution < -0.4 is 9.47 Å². The molecule has 1 aliphatic carbocycles. The van der Waals surface area contributed by atoms with Gasteiger partial charge in [-0.3, -0.25) is 0 Å². The van der Waals surface area contributed by atoms with Gasteiger partial charge in [0.1, 0.15) is 11.5 Å². The first-order chi connectivity index (χ1) is 11.8. The predicted molar refractivity (Wildman–Crippen MR) is 92.1 cm³/mol. The molecule has 4 heteroatoms. The smallest absolute Gasteiger partial charge is 0.186 e. The Hall–Kier alpha value is -2.04.